The molecule has 0 bridgehead atoms. The number of carbonyl (C=O) groups is 1. The van der Waals surface area contributed by atoms with Gasteiger partial charge in [-0.2, -0.15) is 0 Å². The van der Waals surface area contributed by atoms with E-state index in [1.807, 2.05) is 4.90 Å². The summed E-state index contributed by atoms with van der Waals surface area (Å²) in [5.41, 5.74) is 0. The molecule has 2 heterocycles. The van der Waals surface area contributed by atoms with Gasteiger partial charge in [-0.15, -0.1) is 0 Å². The first kappa shape index (κ1) is 16.7. The Kier molecular flexibility index (Phi) is 5.62. The predicted molar refractivity (Wildman–Crippen MR) is 80.4 cm³/mol. The van der Waals surface area contributed by atoms with Crippen molar-refractivity contribution in [2.45, 2.75) is 51.6 Å². The van der Waals surface area contributed by atoms with Gasteiger partial charge >= 0.3 is 0 Å². The smallest absolute Gasteiger partial charge is 0.219 e. The van der Waals surface area contributed by atoms with Crippen molar-refractivity contribution in [2.75, 3.05) is 32.1 Å². The Balaban J connectivity index is 1.99. The van der Waals surface area contributed by atoms with Gasteiger partial charge in [0.2, 0.25) is 15.9 Å². The minimum absolute atomic E-state index is 0.0960. The van der Waals surface area contributed by atoms with Gasteiger partial charge in [0, 0.05) is 45.3 Å². The molecule has 1 amide bonds. The van der Waals surface area contributed by atoms with Crippen LogP contribution in [0.25, 0.3) is 0 Å². The maximum atomic E-state index is 12.0. The number of piperidine rings is 1. The van der Waals surface area contributed by atoms with Crippen LogP contribution in [0.5, 0.6) is 0 Å². The van der Waals surface area contributed by atoms with Crippen LogP contribution < -0.4 is 0 Å². The molecule has 0 atom stereocenters. The minimum Gasteiger partial charge on any atom is -0.381 e. The average molecular weight is 318 g/mol. The lowest BCUT2D eigenvalue weighted by atomic mass is 9.99. The zero-order valence-corrected chi connectivity index (χ0v) is 13.8. The summed E-state index contributed by atoms with van der Waals surface area (Å²) in [5.74, 6) is 0.243. The van der Waals surface area contributed by atoms with Crippen LogP contribution in [-0.4, -0.2) is 67.7 Å². The first-order chi connectivity index (χ1) is 9.95. The van der Waals surface area contributed by atoms with Crippen molar-refractivity contribution in [3.05, 3.63) is 0 Å². The zero-order chi connectivity index (χ0) is 15.5. The highest BCUT2D eigenvalue weighted by molar-refractivity contribution is 7.89. The first-order valence-corrected chi connectivity index (χ1v) is 9.41. The third-order valence-corrected chi connectivity index (χ3v) is 6.40. The Labute approximate surface area is 127 Å². The van der Waals surface area contributed by atoms with Crippen LogP contribution in [0.15, 0.2) is 0 Å². The highest BCUT2D eigenvalue weighted by Crippen LogP contribution is 2.25. The summed E-state index contributed by atoms with van der Waals surface area (Å²) >= 11 is 0. The third kappa shape index (κ3) is 3.96. The summed E-state index contributed by atoms with van der Waals surface area (Å²) in [6, 6.07) is 0.407. The molecule has 2 rings (SSSR count). The number of sulfonamides is 1. The molecule has 0 aromatic rings. The molecule has 7 heteroatoms. The van der Waals surface area contributed by atoms with E-state index in [1.165, 1.54) is 0 Å². The number of hydrogen-bond donors (Lipinski definition) is 0. The Morgan fingerprint density at radius 3 is 2.14 bits per heavy atom. The maximum absolute atomic E-state index is 12.0. The van der Waals surface area contributed by atoms with Crippen LogP contribution >= 0.6 is 0 Å². The highest BCUT2D eigenvalue weighted by Gasteiger charge is 2.34. The van der Waals surface area contributed by atoms with Crippen molar-refractivity contribution in [1.29, 1.82) is 0 Å². The molecule has 0 N–H and O–H groups in total. The quantitative estimate of drug-likeness (QED) is 0.770. The van der Waals surface area contributed by atoms with E-state index in [2.05, 4.69) is 0 Å². The second-order valence-corrected chi connectivity index (χ2v) is 8.06. The number of amides is 1. The van der Waals surface area contributed by atoms with Crippen molar-refractivity contribution in [3.8, 4) is 0 Å². The average Bonchev–Trinajstić information content (AvgIpc) is 2.49. The summed E-state index contributed by atoms with van der Waals surface area (Å²) in [4.78, 5) is 14.0. The van der Waals surface area contributed by atoms with Crippen LogP contribution in [0, 0.1) is 0 Å². The van der Waals surface area contributed by atoms with Crippen LogP contribution in [0.2, 0.25) is 0 Å². The SMILES string of the molecule is CCS(=O)(=O)N1CCC(N(C(C)=O)C2CCOCC2)CC1. The molecule has 0 unspecified atom stereocenters. The molecule has 122 valence electrons. The van der Waals surface area contributed by atoms with Crippen LogP contribution in [-0.2, 0) is 19.6 Å². The van der Waals surface area contributed by atoms with E-state index in [4.69, 9.17) is 4.74 Å². The lowest BCUT2D eigenvalue weighted by Crippen LogP contribution is -2.53. The fourth-order valence-electron chi connectivity index (χ4n) is 3.36. The minimum atomic E-state index is -3.11. The van der Waals surface area contributed by atoms with Gasteiger partial charge in [0.25, 0.3) is 0 Å². The number of carbonyl (C=O) groups excluding carboxylic acids is 1. The van der Waals surface area contributed by atoms with Gasteiger partial charge in [-0.1, -0.05) is 0 Å². The molecule has 2 saturated heterocycles. The van der Waals surface area contributed by atoms with Crippen molar-refractivity contribution < 1.29 is 17.9 Å². The normalized spacial score (nSPS) is 23.1. The lowest BCUT2D eigenvalue weighted by molar-refractivity contribution is -0.137. The summed E-state index contributed by atoms with van der Waals surface area (Å²) in [5, 5.41) is 0. The third-order valence-electron chi connectivity index (χ3n) is 4.52. The van der Waals surface area contributed by atoms with Crippen LogP contribution in [0.1, 0.15) is 39.5 Å². The van der Waals surface area contributed by atoms with E-state index in [0.717, 1.165) is 25.7 Å². The van der Waals surface area contributed by atoms with E-state index in [9.17, 15) is 13.2 Å². The summed E-state index contributed by atoms with van der Waals surface area (Å²) < 4.78 is 30.7. The monoisotopic (exact) mass is 318 g/mol. The number of ether oxygens (including phenoxy) is 1. The predicted octanol–water partition coefficient (Wildman–Crippen LogP) is 0.828. The van der Waals surface area contributed by atoms with Gasteiger partial charge in [0.15, 0.2) is 0 Å². The summed E-state index contributed by atoms with van der Waals surface area (Å²) in [7, 11) is -3.11. The molecule has 2 aliphatic rings. The Bertz CT molecular complexity index is 452. The molecule has 0 saturated carbocycles. The van der Waals surface area contributed by atoms with Gasteiger partial charge in [-0.05, 0) is 32.6 Å². The van der Waals surface area contributed by atoms with E-state index < -0.39 is 10.0 Å². The molecule has 2 fully saturated rings. The summed E-state index contributed by atoms with van der Waals surface area (Å²) in [6.07, 6.45) is 3.23. The molecule has 6 nitrogen and oxygen atoms in total. The molecule has 0 aromatic carbocycles. The maximum Gasteiger partial charge on any atom is 0.219 e. The molecule has 2 aliphatic heterocycles. The van der Waals surface area contributed by atoms with Crippen LogP contribution in [0.3, 0.4) is 0 Å². The van der Waals surface area contributed by atoms with Crippen molar-refractivity contribution in [2.24, 2.45) is 0 Å². The van der Waals surface area contributed by atoms with Crippen molar-refractivity contribution in [3.63, 3.8) is 0 Å². The van der Waals surface area contributed by atoms with E-state index >= 15 is 0 Å². The van der Waals surface area contributed by atoms with Gasteiger partial charge in [-0.25, -0.2) is 12.7 Å². The molecule has 0 aromatic heterocycles. The topological polar surface area (TPSA) is 66.9 Å². The second-order valence-electron chi connectivity index (χ2n) is 5.80. The Hall–Kier alpha value is -0.660. The van der Waals surface area contributed by atoms with E-state index in [-0.39, 0.29) is 23.7 Å². The molecule has 0 spiro atoms. The summed E-state index contributed by atoms with van der Waals surface area (Å²) in [6.45, 7) is 5.74. The first-order valence-electron chi connectivity index (χ1n) is 7.80. The van der Waals surface area contributed by atoms with E-state index in [0.29, 0.717) is 26.3 Å². The molecule has 0 radical (unpaired) electrons. The van der Waals surface area contributed by atoms with Crippen LogP contribution in [0.4, 0.5) is 0 Å². The molecular formula is C14H26N2O4S. The molecule has 21 heavy (non-hydrogen) atoms. The highest BCUT2D eigenvalue weighted by atomic mass is 32.2. The zero-order valence-electron chi connectivity index (χ0n) is 13.0. The van der Waals surface area contributed by atoms with Gasteiger partial charge in [-0.3, -0.25) is 4.79 Å². The van der Waals surface area contributed by atoms with Gasteiger partial charge in [0.05, 0.1) is 5.75 Å². The lowest BCUT2D eigenvalue weighted by Gasteiger charge is -2.42. The number of nitrogens with zero attached hydrogens (tertiary/aromatic N) is 2. The standard InChI is InChI=1S/C14H26N2O4S/c1-3-21(18,19)15-8-4-13(5-9-15)16(12(2)17)14-6-10-20-11-7-14/h13-14H,3-11H2,1-2H3. The molecular weight excluding hydrogens is 292 g/mol. The van der Waals surface area contributed by atoms with Crippen molar-refractivity contribution in [1.82, 2.24) is 9.21 Å². The fraction of sp³-hybridized carbons (Fsp3) is 0.929. The largest absolute Gasteiger partial charge is 0.381 e. The Morgan fingerprint density at radius 2 is 1.67 bits per heavy atom. The van der Waals surface area contributed by atoms with Gasteiger partial charge in [0.1, 0.15) is 0 Å². The molecule has 0 aliphatic carbocycles. The fourth-order valence-corrected chi connectivity index (χ4v) is 4.49. The number of hydrogen-bond acceptors (Lipinski definition) is 4. The Morgan fingerprint density at radius 1 is 1.14 bits per heavy atom. The van der Waals surface area contributed by atoms with E-state index in [1.54, 1.807) is 18.2 Å². The number of rotatable bonds is 4. The van der Waals surface area contributed by atoms with Gasteiger partial charge < -0.3 is 9.64 Å². The van der Waals surface area contributed by atoms with Crippen molar-refractivity contribution >= 4 is 15.9 Å². The second kappa shape index (κ2) is 7.07.